The van der Waals surface area contributed by atoms with Crippen molar-refractivity contribution in [2.24, 2.45) is 11.8 Å². The molecule has 10 nitrogen and oxygen atoms in total. The van der Waals surface area contributed by atoms with Crippen LogP contribution in [0, 0.1) is 17.7 Å². The number of nitrogens with one attached hydrogen (secondary N) is 3. The van der Waals surface area contributed by atoms with Gasteiger partial charge in [0.25, 0.3) is 0 Å². The number of hydrogen-bond acceptors (Lipinski definition) is 8. The van der Waals surface area contributed by atoms with E-state index in [0.717, 1.165) is 31.4 Å². The molecule has 1 saturated carbocycles. The first kappa shape index (κ1) is 23.7. The molecular weight excluding hydrogens is 443 g/mol. The van der Waals surface area contributed by atoms with Crippen molar-refractivity contribution < 1.29 is 23.6 Å². The number of anilines is 2. The minimum Gasteiger partial charge on any atom is -0.469 e. The Bertz CT molecular complexity index is 894. The number of hydroxylamine groups is 2. The highest BCUT2D eigenvalue weighted by Gasteiger charge is 2.27. The molecule has 0 saturated heterocycles. The van der Waals surface area contributed by atoms with Crippen molar-refractivity contribution in [2.75, 3.05) is 23.8 Å². The van der Waals surface area contributed by atoms with Gasteiger partial charge in [0.1, 0.15) is 5.76 Å². The van der Waals surface area contributed by atoms with Crippen molar-refractivity contribution in [3.05, 3.63) is 35.3 Å². The third-order valence-electron chi connectivity index (χ3n) is 5.36. The highest BCUT2D eigenvalue weighted by molar-refractivity contribution is 6.28. The second-order valence-electron chi connectivity index (χ2n) is 7.68. The van der Waals surface area contributed by atoms with Crippen LogP contribution in [0.3, 0.4) is 0 Å². The van der Waals surface area contributed by atoms with Crippen molar-refractivity contribution in [3.8, 4) is 0 Å². The lowest BCUT2D eigenvalue weighted by Gasteiger charge is -2.22. The normalized spacial score (nSPS) is 14.7. The number of halogens is 2. The van der Waals surface area contributed by atoms with E-state index in [1.54, 1.807) is 18.4 Å². The summed E-state index contributed by atoms with van der Waals surface area (Å²) in [5.74, 6) is -1.37. The van der Waals surface area contributed by atoms with Crippen LogP contribution in [-0.2, 0) is 16.0 Å². The van der Waals surface area contributed by atoms with Gasteiger partial charge in [-0.25, -0.2) is 5.06 Å². The van der Waals surface area contributed by atoms with Crippen LogP contribution in [0.2, 0.25) is 5.28 Å². The molecule has 2 heterocycles. The molecule has 0 unspecified atom stereocenters. The minimum atomic E-state index is -0.821. The van der Waals surface area contributed by atoms with Gasteiger partial charge in [-0.3, -0.25) is 25.6 Å². The number of rotatable bonds is 12. The van der Waals surface area contributed by atoms with E-state index in [0.29, 0.717) is 30.4 Å². The van der Waals surface area contributed by atoms with Gasteiger partial charge in [0.2, 0.25) is 23.4 Å². The molecule has 3 rings (SSSR count). The first-order valence-electron chi connectivity index (χ1n) is 10.4. The third-order valence-corrected chi connectivity index (χ3v) is 5.53. The first-order chi connectivity index (χ1) is 15.5. The van der Waals surface area contributed by atoms with Gasteiger partial charge in [-0.1, -0.05) is 25.7 Å². The summed E-state index contributed by atoms with van der Waals surface area (Å²) >= 11 is 5.90. The fourth-order valence-corrected chi connectivity index (χ4v) is 3.95. The zero-order chi connectivity index (χ0) is 22.9. The van der Waals surface area contributed by atoms with E-state index in [-0.39, 0.29) is 29.9 Å². The Kier molecular flexibility index (Phi) is 8.63. The molecule has 2 amide bonds. The molecule has 4 N–H and O–H groups in total. The molecule has 0 aliphatic heterocycles. The maximum absolute atomic E-state index is 14.8. The number of carbonyl (C=O) groups excluding carboxylic acids is 2. The quantitative estimate of drug-likeness (QED) is 0.162. The van der Waals surface area contributed by atoms with Crippen molar-refractivity contribution in [2.45, 2.75) is 38.5 Å². The summed E-state index contributed by atoms with van der Waals surface area (Å²) in [6.07, 6.45) is 6.97. The molecule has 174 valence electrons. The van der Waals surface area contributed by atoms with Crippen LogP contribution in [0.15, 0.2) is 22.8 Å². The lowest BCUT2D eigenvalue weighted by molar-refractivity contribution is -0.154. The predicted molar refractivity (Wildman–Crippen MR) is 114 cm³/mol. The smallest absolute Gasteiger partial charge is 0.243 e. The summed E-state index contributed by atoms with van der Waals surface area (Å²) in [7, 11) is 0. The summed E-state index contributed by atoms with van der Waals surface area (Å²) in [6, 6.07) is 3.56. The Hall–Kier alpha value is -2.92. The standard InChI is InChI=1S/C20H26ClFN6O4/c21-20-24-17(23-8-7-15-6-3-9-32-15)16(22)18(25-20)26-27-19(30)14(11-28(31)12-29)10-13-4-1-2-5-13/h3,6,9,12-14,31H,1-2,4-5,7-8,10-11H2,(H,27,30)(H2,23,24,25,26)/t14-/m0/s1. The number of hydrazine groups is 1. The van der Waals surface area contributed by atoms with E-state index in [1.807, 2.05) is 0 Å². The van der Waals surface area contributed by atoms with Crippen molar-refractivity contribution in [3.63, 3.8) is 0 Å². The average molecular weight is 469 g/mol. The molecule has 1 aliphatic rings. The van der Waals surface area contributed by atoms with E-state index in [4.69, 9.17) is 16.0 Å². The van der Waals surface area contributed by atoms with Gasteiger partial charge in [-0.05, 0) is 36.1 Å². The van der Waals surface area contributed by atoms with E-state index < -0.39 is 17.6 Å². The fraction of sp³-hybridized carbons (Fsp3) is 0.500. The van der Waals surface area contributed by atoms with Crippen molar-refractivity contribution >= 4 is 35.6 Å². The molecule has 1 fully saturated rings. The van der Waals surface area contributed by atoms with Crippen LogP contribution in [0.4, 0.5) is 16.0 Å². The maximum atomic E-state index is 14.8. The number of aromatic nitrogens is 2. The van der Waals surface area contributed by atoms with E-state index in [1.165, 1.54) is 0 Å². The van der Waals surface area contributed by atoms with Crippen LogP contribution >= 0.6 is 11.6 Å². The molecule has 2 aromatic heterocycles. The molecule has 12 heteroatoms. The van der Waals surface area contributed by atoms with Crippen LogP contribution in [0.25, 0.3) is 0 Å². The Morgan fingerprint density at radius 2 is 2.12 bits per heavy atom. The summed E-state index contributed by atoms with van der Waals surface area (Å²) in [4.78, 5) is 31.1. The van der Waals surface area contributed by atoms with E-state index in [2.05, 4.69) is 26.1 Å². The highest BCUT2D eigenvalue weighted by Crippen LogP contribution is 2.30. The lowest BCUT2D eigenvalue weighted by Crippen LogP contribution is -2.41. The van der Waals surface area contributed by atoms with Gasteiger partial charge in [-0.15, -0.1) is 0 Å². The Balaban J connectivity index is 1.60. The number of carbonyl (C=O) groups is 2. The van der Waals surface area contributed by atoms with Gasteiger partial charge >= 0.3 is 0 Å². The number of furan rings is 1. The Labute approximate surface area is 189 Å². The topological polar surface area (TPSA) is 133 Å². The Morgan fingerprint density at radius 3 is 2.81 bits per heavy atom. The molecule has 0 aromatic carbocycles. The summed E-state index contributed by atoms with van der Waals surface area (Å²) < 4.78 is 20.0. The molecule has 0 radical (unpaired) electrons. The average Bonchev–Trinajstić information content (AvgIpc) is 3.48. The van der Waals surface area contributed by atoms with Crippen molar-refractivity contribution in [1.29, 1.82) is 0 Å². The van der Waals surface area contributed by atoms with Gasteiger partial charge < -0.3 is 9.73 Å². The van der Waals surface area contributed by atoms with Gasteiger partial charge in [0, 0.05) is 13.0 Å². The molecule has 2 aromatic rings. The molecule has 32 heavy (non-hydrogen) atoms. The molecule has 0 spiro atoms. The van der Waals surface area contributed by atoms with Crippen LogP contribution in [0.5, 0.6) is 0 Å². The summed E-state index contributed by atoms with van der Waals surface area (Å²) in [5.41, 5.74) is 4.84. The highest BCUT2D eigenvalue weighted by atomic mass is 35.5. The number of hydrogen-bond donors (Lipinski definition) is 4. The maximum Gasteiger partial charge on any atom is 0.243 e. The fourth-order valence-electron chi connectivity index (χ4n) is 3.78. The Morgan fingerprint density at radius 1 is 1.38 bits per heavy atom. The molecule has 0 bridgehead atoms. The molecular formula is C20H26ClFN6O4. The summed E-state index contributed by atoms with van der Waals surface area (Å²) in [5, 5.41) is 12.6. The largest absolute Gasteiger partial charge is 0.469 e. The van der Waals surface area contributed by atoms with Gasteiger partial charge in [0.15, 0.2) is 11.6 Å². The van der Waals surface area contributed by atoms with E-state index >= 15 is 0 Å². The van der Waals surface area contributed by atoms with Crippen molar-refractivity contribution in [1.82, 2.24) is 20.5 Å². The summed E-state index contributed by atoms with van der Waals surface area (Å²) in [6.45, 7) is 0.172. The second kappa shape index (κ2) is 11.6. The third kappa shape index (κ3) is 6.79. The lowest BCUT2D eigenvalue weighted by atomic mass is 9.92. The van der Waals surface area contributed by atoms with Gasteiger partial charge in [-0.2, -0.15) is 14.4 Å². The monoisotopic (exact) mass is 468 g/mol. The van der Waals surface area contributed by atoms with E-state index in [9.17, 15) is 19.2 Å². The SMILES string of the molecule is O=CN(O)C[C@H](CC1CCCC1)C(=O)NNc1nc(Cl)nc(NCCc2ccco2)c1F. The minimum absolute atomic E-state index is 0.127. The number of amides is 2. The van der Waals surface area contributed by atoms with Crippen LogP contribution < -0.4 is 16.2 Å². The zero-order valence-corrected chi connectivity index (χ0v) is 18.1. The van der Waals surface area contributed by atoms with Gasteiger partial charge in [0.05, 0.1) is 18.7 Å². The number of nitrogens with zero attached hydrogens (tertiary/aromatic N) is 3. The second-order valence-corrected chi connectivity index (χ2v) is 8.02. The van der Waals surface area contributed by atoms with Crippen LogP contribution in [0.1, 0.15) is 37.9 Å². The molecule has 1 aliphatic carbocycles. The zero-order valence-electron chi connectivity index (χ0n) is 17.4. The van der Waals surface area contributed by atoms with Crippen LogP contribution in [-0.4, -0.2) is 45.6 Å². The predicted octanol–water partition coefficient (Wildman–Crippen LogP) is 3.00. The molecule has 1 atom stereocenters. The first-order valence-corrected chi connectivity index (χ1v) is 10.8.